The molecule has 2 aliphatic heterocycles. The summed E-state index contributed by atoms with van der Waals surface area (Å²) in [4.78, 5) is 14.1. The van der Waals surface area contributed by atoms with Crippen LogP contribution in [0.4, 0.5) is 10.1 Å². The normalized spacial score (nSPS) is 30.0. The van der Waals surface area contributed by atoms with Crippen molar-refractivity contribution in [2.24, 2.45) is 5.41 Å². The largest absolute Gasteiger partial charge is 0.325 e. The van der Waals surface area contributed by atoms with Crippen molar-refractivity contribution < 1.29 is 9.18 Å². The second-order valence-electron chi connectivity index (χ2n) is 10.5. The number of carbonyl (C=O) groups excluding carboxylic acids is 1. The molecule has 1 saturated heterocycles. The molecule has 0 unspecified atom stereocenters. The lowest BCUT2D eigenvalue weighted by Crippen LogP contribution is -2.61. The van der Waals surface area contributed by atoms with E-state index in [1.807, 2.05) is 18.2 Å². The molecule has 0 aromatic heterocycles. The lowest BCUT2D eigenvalue weighted by atomic mass is 9.53. The fourth-order valence-corrected chi connectivity index (χ4v) is 7.04. The molecule has 3 atom stereocenters. The Morgan fingerprint density at radius 2 is 1.81 bits per heavy atom. The van der Waals surface area contributed by atoms with Gasteiger partial charge in [-0.1, -0.05) is 62.2 Å². The fraction of sp³-hybridized carbons (Fsp3) is 0.500. The second-order valence-corrected chi connectivity index (χ2v) is 11.3. The van der Waals surface area contributed by atoms with Gasteiger partial charge < -0.3 is 10.6 Å². The quantitative estimate of drug-likeness (QED) is 0.500. The van der Waals surface area contributed by atoms with Crippen LogP contribution in [-0.2, 0) is 10.2 Å². The van der Waals surface area contributed by atoms with Crippen LogP contribution in [0.2, 0.25) is 10.0 Å². The number of hydrogen-bond acceptors (Lipinski definition) is 2. The Morgan fingerprint density at radius 3 is 2.50 bits per heavy atom. The molecule has 1 aliphatic carbocycles. The van der Waals surface area contributed by atoms with E-state index >= 15 is 4.39 Å². The average molecular weight is 475 g/mol. The molecule has 2 spiro atoms. The zero-order valence-corrected chi connectivity index (χ0v) is 20.2. The van der Waals surface area contributed by atoms with Gasteiger partial charge in [0.15, 0.2) is 0 Å². The van der Waals surface area contributed by atoms with Crippen LogP contribution >= 0.6 is 23.2 Å². The minimum Gasteiger partial charge on any atom is -0.325 e. The first-order valence-corrected chi connectivity index (χ1v) is 12.2. The molecular formula is C26H29Cl2FN2O. The summed E-state index contributed by atoms with van der Waals surface area (Å²) in [5.41, 5.74) is 0.975. The zero-order chi connectivity index (χ0) is 22.9. The van der Waals surface area contributed by atoms with Crippen molar-refractivity contribution in [3.05, 3.63) is 63.4 Å². The number of nitrogens with one attached hydrogen (secondary N) is 2. The third-order valence-corrected chi connectivity index (χ3v) is 8.84. The zero-order valence-electron chi connectivity index (χ0n) is 18.7. The van der Waals surface area contributed by atoms with Crippen molar-refractivity contribution in [3.63, 3.8) is 0 Å². The molecule has 1 amide bonds. The highest BCUT2D eigenvalue weighted by atomic mass is 35.5. The van der Waals surface area contributed by atoms with E-state index < -0.39 is 16.8 Å². The molecule has 170 valence electrons. The van der Waals surface area contributed by atoms with E-state index in [9.17, 15) is 4.79 Å². The molecule has 32 heavy (non-hydrogen) atoms. The maximum atomic E-state index is 15.5. The van der Waals surface area contributed by atoms with Crippen molar-refractivity contribution in [2.45, 2.75) is 75.8 Å². The van der Waals surface area contributed by atoms with Gasteiger partial charge in [-0.25, -0.2) is 4.39 Å². The Morgan fingerprint density at radius 1 is 1.09 bits per heavy atom. The highest BCUT2D eigenvalue weighted by Gasteiger charge is 2.71. The minimum absolute atomic E-state index is 0.0587. The lowest BCUT2D eigenvalue weighted by molar-refractivity contribution is -0.124. The van der Waals surface area contributed by atoms with Crippen LogP contribution < -0.4 is 10.6 Å². The molecule has 0 bridgehead atoms. The molecular weight excluding hydrogens is 446 g/mol. The molecule has 5 rings (SSSR count). The summed E-state index contributed by atoms with van der Waals surface area (Å²) in [7, 11) is 0. The Balaban J connectivity index is 1.80. The number of amides is 1. The van der Waals surface area contributed by atoms with Gasteiger partial charge in [-0.3, -0.25) is 4.79 Å². The summed E-state index contributed by atoms with van der Waals surface area (Å²) >= 11 is 12.5. The van der Waals surface area contributed by atoms with Crippen molar-refractivity contribution in [1.29, 1.82) is 0 Å². The van der Waals surface area contributed by atoms with Crippen LogP contribution in [0.15, 0.2) is 36.4 Å². The molecule has 0 radical (unpaired) electrons. The van der Waals surface area contributed by atoms with Gasteiger partial charge in [-0.15, -0.1) is 0 Å². The van der Waals surface area contributed by atoms with Crippen LogP contribution in [0, 0.1) is 11.2 Å². The van der Waals surface area contributed by atoms with Crippen molar-refractivity contribution in [3.8, 4) is 0 Å². The highest BCUT2D eigenvalue weighted by molar-refractivity contribution is 6.31. The summed E-state index contributed by atoms with van der Waals surface area (Å²) in [5, 5.41) is 7.69. The smallest absolute Gasteiger partial charge is 0.237 e. The van der Waals surface area contributed by atoms with Gasteiger partial charge in [0.1, 0.15) is 11.2 Å². The second kappa shape index (κ2) is 7.44. The number of halogens is 3. The third-order valence-electron chi connectivity index (χ3n) is 8.31. The van der Waals surface area contributed by atoms with E-state index in [4.69, 9.17) is 23.2 Å². The number of hydrogen-bond donors (Lipinski definition) is 2. The van der Waals surface area contributed by atoms with Gasteiger partial charge in [0.25, 0.3) is 0 Å². The van der Waals surface area contributed by atoms with E-state index in [0.717, 1.165) is 43.4 Å². The summed E-state index contributed by atoms with van der Waals surface area (Å²) in [6.07, 6.45) is 4.48. The van der Waals surface area contributed by atoms with Crippen LogP contribution in [0.1, 0.15) is 69.9 Å². The van der Waals surface area contributed by atoms with Crippen LogP contribution in [0.5, 0.6) is 0 Å². The lowest BCUT2D eigenvalue weighted by Gasteiger charge is -2.50. The Hall–Kier alpha value is -1.62. The number of rotatable bonds is 2. The molecule has 2 heterocycles. The van der Waals surface area contributed by atoms with Gasteiger partial charge in [0.2, 0.25) is 5.91 Å². The maximum Gasteiger partial charge on any atom is 0.237 e. The first-order chi connectivity index (χ1) is 15.1. The van der Waals surface area contributed by atoms with Crippen LogP contribution in [0.3, 0.4) is 0 Å². The predicted molar refractivity (Wildman–Crippen MR) is 128 cm³/mol. The summed E-state index contributed by atoms with van der Waals surface area (Å²) in [5.74, 6) is -0.876. The number of anilines is 1. The third kappa shape index (κ3) is 2.92. The topological polar surface area (TPSA) is 41.1 Å². The predicted octanol–water partition coefficient (Wildman–Crippen LogP) is 6.83. The fourth-order valence-electron chi connectivity index (χ4n) is 6.68. The molecule has 2 aromatic rings. The number of fused-ring (bicyclic) bond motifs is 3. The summed E-state index contributed by atoms with van der Waals surface area (Å²) in [6.45, 7) is 6.67. The standard InChI is InChI=1S/C26H29Cl2FN2O/c1-4-19-21(16-6-5-7-18(28)22(16)29)26(25(31-19)12-10-24(2,3)11-13-25)17-9-8-15(27)14-20(17)30-23(26)32/h5-9,14,19,21,31H,4,10-13H2,1-3H3,(H,30,32)/t19-,21-,26+/m0/s1. The summed E-state index contributed by atoms with van der Waals surface area (Å²) < 4.78 is 15.5. The highest BCUT2D eigenvalue weighted by Crippen LogP contribution is 2.64. The molecule has 3 nitrogen and oxygen atoms in total. The van der Waals surface area contributed by atoms with E-state index in [0.29, 0.717) is 10.6 Å². The van der Waals surface area contributed by atoms with Gasteiger partial charge >= 0.3 is 0 Å². The SMILES string of the molecule is CC[C@@H]1NC2(CCC(C)(C)CC2)[C@@]2(C(=O)Nc3cc(Cl)ccc32)[C@H]1c1cccc(Cl)c1F. The molecule has 2 aromatic carbocycles. The Kier molecular flexibility index (Phi) is 5.16. The number of benzene rings is 2. The van der Waals surface area contributed by atoms with E-state index in [1.165, 1.54) is 0 Å². The van der Waals surface area contributed by atoms with Gasteiger partial charge in [-0.2, -0.15) is 0 Å². The first kappa shape index (κ1) is 22.2. The Labute approximate surface area is 199 Å². The van der Waals surface area contributed by atoms with Crippen LogP contribution in [-0.4, -0.2) is 17.5 Å². The maximum absolute atomic E-state index is 15.5. The molecule has 2 fully saturated rings. The summed E-state index contributed by atoms with van der Waals surface area (Å²) in [6, 6.07) is 10.7. The van der Waals surface area contributed by atoms with Crippen molar-refractivity contribution in [1.82, 2.24) is 5.32 Å². The van der Waals surface area contributed by atoms with E-state index in [2.05, 4.69) is 31.4 Å². The van der Waals surface area contributed by atoms with E-state index in [-0.39, 0.29) is 28.3 Å². The van der Waals surface area contributed by atoms with Crippen molar-refractivity contribution in [2.75, 3.05) is 5.32 Å². The molecule has 3 aliphatic rings. The Bertz CT molecular complexity index is 1090. The van der Waals surface area contributed by atoms with E-state index in [1.54, 1.807) is 18.2 Å². The first-order valence-electron chi connectivity index (χ1n) is 11.5. The monoisotopic (exact) mass is 474 g/mol. The van der Waals surface area contributed by atoms with Crippen molar-refractivity contribution >= 4 is 34.8 Å². The average Bonchev–Trinajstić information content (AvgIpc) is 3.20. The molecule has 2 N–H and O–H groups in total. The van der Waals surface area contributed by atoms with Crippen LogP contribution in [0.25, 0.3) is 0 Å². The minimum atomic E-state index is -0.935. The molecule has 6 heteroatoms. The van der Waals surface area contributed by atoms with Gasteiger partial charge in [0, 0.05) is 28.2 Å². The van der Waals surface area contributed by atoms with Gasteiger partial charge in [-0.05, 0) is 66.8 Å². The number of carbonyl (C=O) groups is 1. The molecule has 1 saturated carbocycles. The van der Waals surface area contributed by atoms with Gasteiger partial charge in [0.05, 0.1) is 5.02 Å².